The summed E-state index contributed by atoms with van der Waals surface area (Å²) in [5, 5.41) is 8.74. The molecule has 0 fully saturated rings. The van der Waals surface area contributed by atoms with Gasteiger partial charge in [0.1, 0.15) is 24.1 Å². The number of carbonyl (C=O) groups excluding carboxylic acids is 4. The summed E-state index contributed by atoms with van der Waals surface area (Å²) in [6, 6.07) is 17.9. The fraction of sp³-hybridized carbons (Fsp3) is 0.500. The first-order chi connectivity index (χ1) is 22.3. The summed E-state index contributed by atoms with van der Waals surface area (Å²) in [6.07, 6.45) is 7.65. The van der Waals surface area contributed by atoms with Gasteiger partial charge in [-0.3, -0.25) is 14.4 Å². The van der Waals surface area contributed by atoms with Crippen molar-refractivity contribution in [1.82, 2.24) is 20.9 Å². The topological polar surface area (TPSA) is 126 Å². The predicted octanol–water partition coefficient (Wildman–Crippen LogP) is 5.26. The van der Waals surface area contributed by atoms with Gasteiger partial charge in [-0.25, -0.2) is 4.79 Å². The lowest BCUT2D eigenvalue weighted by Crippen LogP contribution is -2.43. The fourth-order valence-corrected chi connectivity index (χ4v) is 5.10. The highest BCUT2D eigenvalue weighted by Gasteiger charge is 2.28. The van der Waals surface area contributed by atoms with Crippen molar-refractivity contribution in [2.75, 3.05) is 20.1 Å². The van der Waals surface area contributed by atoms with Crippen LogP contribution in [0.5, 0.6) is 0 Å². The van der Waals surface area contributed by atoms with E-state index in [2.05, 4.69) is 22.9 Å². The van der Waals surface area contributed by atoms with Gasteiger partial charge in [-0.2, -0.15) is 0 Å². The molecule has 3 N–H and O–H groups in total. The van der Waals surface area contributed by atoms with Crippen molar-refractivity contribution in [2.45, 2.75) is 96.9 Å². The van der Waals surface area contributed by atoms with Crippen LogP contribution in [-0.4, -0.2) is 54.8 Å². The molecule has 0 aliphatic carbocycles. The monoisotopic (exact) mass is 634 g/mol. The van der Waals surface area contributed by atoms with Crippen LogP contribution in [0.3, 0.4) is 0 Å². The summed E-state index contributed by atoms with van der Waals surface area (Å²) in [4.78, 5) is 52.9. The lowest BCUT2D eigenvalue weighted by atomic mass is 10.1. The summed E-state index contributed by atoms with van der Waals surface area (Å²) in [5.41, 5.74) is 2.10. The highest BCUT2D eigenvalue weighted by molar-refractivity contribution is 5.93. The van der Waals surface area contributed by atoms with Gasteiger partial charge >= 0.3 is 5.97 Å². The van der Waals surface area contributed by atoms with E-state index in [0.717, 1.165) is 30.4 Å². The predicted molar refractivity (Wildman–Crippen MR) is 177 cm³/mol. The van der Waals surface area contributed by atoms with Crippen LogP contribution < -0.4 is 16.0 Å². The van der Waals surface area contributed by atoms with Crippen molar-refractivity contribution < 1.29 is 28.7 Å². The molecule has 3 amide bonds. The van der Waals surface area contributed by atoms with Crippen LogP contribution in [0.15, 0.2) is 72.1 Å². The van der Waals surface area contributed by atoms with E-state index in [1.54, 1.807) is 14.0 Å². The maximum absolute atomic E-state index is 13.0. The van der Waals surface area contributed by atoms with Crippen LogP contribution in [0.1, 0.15) is 95.4 Å². The van der Waals surface area contributed by atoms with Gasteiger partial charge in [0.05, 0.1) is 0 Å². The molecule has 46 heavy (non-hydrogen) atoms. The van der Waals surface area contributed by atoms with Gasteiger partial charge in [-0.15, -0.1) is 0 Å². The molecule has 2 aromatic rings. The minimum atomic E-state index is -0.932. The Hall–Kier alpha value is -4.34. The quantitative estimate of drug-likeness (QED) is 0.134. The van der Waals surface area contributed by atoms with Gasteiger partial charge in [-0.1, -0.05) is 106 Å². The van der Waals surface area contributed by atoms with Crippen LogP contribution >= 0.6 is 0 Å². The molecule has 3 rings (SSSR count). The fourth-order valence-electron chi connectivity index (χ4n) is 5.10. The van der Waals surface area contributed by atoms with E-state index in [-0.39, 0.29) is 50.3 Å². The highest BCUT2D eigenvalue weighted by atomic mass is 16.5. The van der Waals surface area contributed by atoms with E-state index in [1.807, 2.05) is 60.7 Å². The number of ether oxygens (including phenoxy) is 2. The number of nitrogens with one attached hydrogen (secondary N) is 3. The zero-order valence-corrected chi connectivity index (χ0v) is 27.5. The first-order valence-electron chi connectivity index (χ1n) is 16.5. The van der Waals surface area contributed by atoms with Crippen molar-refractivity contribution in [2.24, 2.45) is 0 Å². The summed E-state index contributed by atoms with van der Waals surface area (Å²) in [6.45, 7) is 4.50. The van der Waals surface area contributed by atoms with E-state index in [0.29, 0.717) is 17.9 Å². The summed E-state index contributed by atoms with van der Waals surface area (Å²) in [5.74, 6) is -0.819. The van der Waals surface area contributed by atoms with E-state index in [9.17, 15) is 19.2 Å². The number of unbranched alkanes of at least 4 members (excludes halogenated alkanes) is 6. The number of rotatable bonds is 20. The van der Waals surface area contributed by atoms with Gasteiger partial charge < -0.3 is 30.3 Å². The summed E-state index contributed by atoms with van der Waals surface area (Å²) in [7, 11) is 1.64. The molecular formula is C36H50N4O6. The molecule has 2 atom stereocenters. The zero-order valence-electron chi connectivity index (χ0n) is 27.5. The molecule has 250 valence electrons. The molecule has 0 aromatic heterocycles. The van der Waals surface area contributed by atoms with E-state index >= 15 is 0 Å². The van der Waals surface area contributed by atoms with Crippen LogP contribution in [0.4, 0.5) is 0 Å². The molecule has 0 saturated carbocycles. The molecule has 1 aliphatic rings. The standard InChI is InChI=1S/C36H50N4O6/c1-4-5-6-7-8-9-16-21-31(41)38-30(36(44)45-26-28-17-12-10-13-18-28)22-23-32(42)40(3)25-24-37-34(43)33-27(2)46-35(39-33)29-19-14-11-15-20-29/h10-15,17-20,30,35,39H,4-9,16,21-26H2,1-3H3,(H,37,43)(H,38,41). The average Bonchev–Trinajstić information content (AvgIpc) is 3.47. The zero-order chi connectivity index (χ0) is 33.1. The third kappa shape index (κ3) is 12.6. The van der Waals surface area contributed by atoms with Gasteiger partial charge in [0.15, 0.2) is 6.23 Å². The smallest absolute Gasteiger partial charge is 0.328 e. The number of likely N-dealkylation sites (N-methyl/N-ethyl adjacent to an activating group) is 1. The number of hydrogen-bond acceptors (Lipinski definition) is 7. The number of allylic oxidation sites excluding steroid dienone is 1. The van der Waals surface area contributed by atoms with Crippen molar-refractivity contribution in [1.29, 1.82) is 0 Å². The molecule has 0 radical (unpaired) electrons. The Morgan fingerprint density at radius 2 is 1.57 bits per heavy atom. The Morgan fingerprint density at radius 1 is 0.913 bits per heavy atom. The average molecular weight is 635 g/mol. The number of esters is 1. The van der Waals surface area contributed by atoms with Gasteiger partial charge in [0.2, 0.25) is 11.8 Å². The van der Waals surface area contributed by atoms with Crippen LogP contribution in [0.25, 0.3) is 0 Å². The maximum atomic E-state index is 13.0. The number of benzene rings is 2. The molecule has 10 heteroatoms. The Balaban J connectivity index is 1.44. The van der Waals surface area contributed by atoms with E-state index < -0.39 is 18.2 Å². The Labute approximate surface area is 273 Å². The third-order valence-electron chi connectivity index (χ3n) is 7.91. The van der Waals surface area contributed by atoms with Gasteiger partial charge in [0.25, 0.3) is 5.91 Å². The van der Waals surface area contributed by atoms with E-state index in [1.165, 1.54) is 30.6 Å². The second-order valence-electron chi connectivity index (χ2n) is 11.7. The van der Waals surface area contributed by atoms with Crippen LogP contribution in [0, 0.1) is 0 Å². The van der Waals surface area contributed by atoms with Crippen molar-refractivity contribution in [3.8, 4) is 0 Å². The SMILES string of the molecule is CCCCCCCCCC(=O)NC(CCC(=O)N(C)CCNC(=O)C1=C(C)OC(c2ccccc2)N1)C(=O)OCc1ccccc1. The molecule has 2 unspecified atom stereocenters. The lowest BCUT2D eigenvalue weighted by Gasteiger charge is -2.21. The van der Waals surface area contributed by atoms with Crippen molar-refractivity contribution in [3.05, 3.63) is 83.2 Å². The van der Waals surface area contributed by atoms with Crippen molar-refractivity contribution in [3.63, 3.8) is 0 Å². The number of amides is 3. The van der Waals surface area contributed by atoms with Crippen LogP contribution in [0.2, 0.25) is 0 Å². The van der Waals surface area contributed by atoms with Crippen LogP contribution in [-0.2, 0) is 35.3 Å². The molecule has 10 nitrogen and oxygen atoms in total. The second kappa shape index (κ2) is 19.9. The molecule has 1 heterocycles. The summed E-state index contributed by atoms with van der Waals surface area (Å²) >= 11 is 0. The number of nitrogens with zero attached hydrogens (tertiary/aromatic N) is 1. The minimum absolute atomic E-state index is 0.0334. The van der Waals surface area contributed by atoms with Gasteiger partial charge in [0, 0.05) is 38.5 Å². The minimum Gasteiger partial charge on any atom is -0.469 e. The Kier molecular flexibility index (Phi) is 15.6. The third-order valence-corrected chi connectivity index (χ3v) is 7.91. The maximum Gasteiger partial charge on any atom is 0.328 e. The first-order valence-corrected chi connectivity index (χ1v) is 16.5. The van der Waals surface area contributed by atoms with Crippen molar-refractivity contribution >= 4 is 23.7 Å². The number of carbonyl (C=O) groups is 4. The first kappa shape index (κ1) is 36.1. The normalized spacial score (nSPS) is 14.5. The highest BCUT2D eigenvalue weighted by Crippen LogP contribution is 2.26. The molecule has 0 saturated heterocycles. The Bertz CT molecular complexity index is 1280. The van der Waals surface area contributed by atoms with E-state index in [4.69, 9.17) is 9.47 Å². The lowest BCUT2D eigenvalue weighted by molar-refractivity contribution is -0.149. The van der Waals surface area contributed by atoms with Gasteiger partial charge in [-0.05, 0) is 25.3 Å². The Morgan fingerprint density at radius 3 is 2.26 bits per heavy atom. The molecule has 0 spiro atoms. The molecule has 2 aromatic carbocycles. The second-order valence-corrected chi connectivity index (χ2v) is 11.7. The molecule has 0 bridgehead atoms. The number of hydrogen-bond donors (Lipinski definition) is 3. The summed E-state index contributed by atoms with van der Waals surface area (Å²) < 4.78 is 11.3. The molecular weight excluding hydrogens is 584 g/mol. The molecule has 1 aliphatic heterocycles. The largest absolute Gasteiger partial charge is 0.469 e.